The Morgan fingerprint density at radius 1 is 1.12 bits per heavy atom. The molecule has 4 heteroatoms. The highest BCUT2D eigenvalue weighted by molar-refractivity contribution is 14.0. The zero-order valence-corrected chi connectivity index (χ0v) is 13.7. The van der Waals surface area contributed by atoms with Crippen molar-refractivity contribution in [1.29, 1.82) is 0 Å². The van der Waals surface area contributed by atoms with E-state index in [0.717, 1.165) is 0 Å². The van der Waals surface area contributed by atoms with Gasteiger partial charge in [0.2, 0.25) is 0 Å². The highest BCUT2D eigenvalue weighted by atomic mass is 127. The SMILES string of the molecule is CC1(C)C(N=C(N)NC2CCCC2)C1(C)C.I. The molecule has 2 aliphatic carbocycles. The van der Waals surface area contributed by atoms with Crippen LogP contribution in [0.5, 0.6) is 0 Å². The predicted molar refractivity (Wildman–Crippen MR) is 83.8 cm³/mol. The Hall–Kier alpha value is 0. The second kappa shape index (κ2) is 4.94. The van der Waals surface area contributed by atoms with Crippen molar-refractivity contribution in [3.05, 3.63) is 0 Å². The smallest absolute Gasteiger partial charge is 0.189 e. The van der Waals surface area contributed by atoms with Crippen LogP contribution in [0.25, 0.3) is 0 Å². The lowest BCUT2D eigenvalue weighted by Gasteiger charge is -2.12. The maximum absolute atomic E-state index is 5.98. The zero-order valence-electron chi connectivity index (χ0n) is 11.4. The van der Waals surface area contributed by atoms with Gasteiger partial charge in [0.15, 0.2) is 5.96 Å². The van der Waals surface area contributed by atoms with Crippen molar-refractivity contribution in [2.24, 2.45) is 21.6 Å². The number of aliphatic imine (C=N–C) groups is 1. The summed E-state index contributed by atoms with van der Waals surface area (Å²) in [4.78, 5) is 4.64. The summed E-state index contributed by atoms with van der Waals surface area (Å²) in [6.07, 6.45) is 5.14. The summed E-state index contributed by atoms with van der Waals surface area (Å²) in [5.41, 5.74) is 6.55. The van der Waals surface area contributed by atoms with Crippen LogP contribution in [0.15, 0.2) is 4.99 Å². The van der Waals surface area contributed by atoms with E-state index in [2.05, 4.69) is 38.0 Å². The molecule has 2 fully saturated rings. The van der Waals surface area contributed by atoms with Crippen molar-refractivity contribution in [1.82, 2.24) is 5.32 Å². The fraction of sp³-hybridized carbons (Fsp3) is 0.923. The average Bonchev–Trinajstić information content (AvgIpc) is 2.63. The van der Waals surface area contributed by atoms with Crippen LogP contribution in [0.3, 0.4) is 0 Å². The van der Waals surface area contributed by atoms with Crippen LogP contribution in [0.2, 0.25) is 0 Å². The van der Waals surface area contributed by atoms with Crippen molar-refractivity contribution < 1.29 is 0 Å². The molecule has 0 amide bonds. The lowest BCUT2D eigenvalue weighted by Crippen LogP contribution is -2.39. The quantitative estimate of drug-likeness (QED) is 0.457. The standard InChI is InChI=1S/C13H25N3.HI/c1-12(2)10(13(12,3)4)16-11(14)15-9-7-5-6-8-9;/h9-10H,5-8H2,1-4H3,(H3,14,15,16);1H. The highest BCUT2D eigenvalue weighted by Gasteiger charge is 2.65. The molecule has 2 rings (SSSR count). The maximum atomic E-state index is 5.98. The van der Waals surface area contributed by atoms with E-state index in [1.165, 1.54) is 25.7 Å². The van der Waals surface area contributed by atoms with Gasteiger partial charge in [0, 0.05) is 6.04 Å². The third kappa shape index (κ3) is 2.71. The molecule has 100 valence electrons. The fourth-order valence-electron chi connectivity index (χ4n) is 2.94. The van der Waals surface area contributed by atoms with Crippen LogP contribution in [0.4, 0.5) is 0 Å². The van der Waals surface area contributed by atoms with Crippen LogP contribution in [0.1, 0.15) is 53.4 Å². The molecule has 0 unspecified atom stereocenters. The van der Waals surface area contributed by atoms with Gasteiger partial charge in [-0.3, -0.25) is 0 Å². The number of hydrogen-bond acceptors (Lipinski definition) is 1. The molecule has 0 aliphatic heterocycles. The third-order valence-corrected chi connectivity index (χ3v) is 4.92. The lowest BCUT2D eigenvalue weighted by molar-refractivity contribution is 0.457. The van der Waals surface area contributed by atoms with Crippen molar-refractivity contribution in [2.45, 2.75) is 65.5 Å². The molecule has 17 heavy (non-hydrogen) atoms. The minimum absolute atomic E-state index is 0. The first-order valence-electron chi connectivity index (χ1n) is 6.45. The summed E-state index contributed by atoms with van der Waals surface area (Å²) in [5.74, 6) is 0.649. The number of nitrogens with one attached hydrogen (secondary N) is 1. The van der Waals surface area contributed by atoms with Gasteiger partial charge in [0.25, 0.3) is 0 Å². The van der Waals surface area contributed by atoms with Gasteiger partial charge in [-0.1, -0.05) is 40.5 Å². The fourth-order valence-corrected chi connectivity index (χ4v) is 2.94. The molecule has 2 saturated carbocycles. The Morgan fingerprint density at radius 2 is 1.59 bits per heavy atom. The largest absolute Gasteiger partial charge is 0.370 e. The van der Waals surface area contributed by atoms with Gasteiger partial charge in [-0.25, -0.2) is 4.99 Å². The highest BCUT2D eigenvalue weighted by Crippen LogP contribution is 2.64. The van der Waals surface area contributed by atoms with E-state index in [1.807, 2.05) is 0 Å². The minimum atomic E-state index is 0. The van der Waals surface area contributed by atoms with Gasteiger partial charge in [-0.2, -0.15) is 0 Å². The average molecular weight is 351 g/mol. The first-order chi connectivity index (χ1) is 7.35. The summed E-state index contributed by atoms with van der Waals surface area (Å²) < 4.78 is 0. The molecule has 0 heterocycles. The van der Waals surface area contributed by atoms with Gasteiger partial charge in [-0.15, -0.1) is 24.0 Å². The monoisotopic (exact) mass is 351 g/mol. The van der Waals surface area contributed by atoms with E-state index in [4.69, 9.17) is 5.73 Å². The molecule has 3 nitrogen and oxygen atoms in total. The van der Waals surface area contributed by atoms with Gasteiger partial charge in [0.1, 0.15) is 0 Å². The number of nitrogens with zero attached hydrogens (tertiary/aromatic N) is 1. The predicted octanol–water partition coefficient (Wildman–Crippen LogP) is 2.89. The Balaban J connectivity index is 0.00000144. The topological polar surface area (TPSA) is 50.4 Å². The number of nitrogens with two attached hydrogens (primary N) is 1. The van der Waals surface area contributed by atoms with E-state index in [0.29, 0.717) is 18.0 Å². The van der Waals surface area contributed by atoms with Crippen molar-refractivity contribution >= 4 is 29.9 Å². The van der Waals surface area contributed by atoms with Crippen LogP contribution in [0, 0.1) is 10.8 Å². The zero-order chi connectivity index (χ0) is 12.0. The normalized spacial score (nSPS) is 27.6. The van der Waals surface area contributed by atoms with E-state index in [-0.39, 0.29) is 34.8 Å². The Kier molecular flexibility index (Phi) is 4.37. The van der Waals surface area contributed by atoms with Gasteiger partial charge in [-0.05, 0) is 23.7 Å². The van der Waals surface area contributed by atoms with Crippen LogP contribution >= 0.6 is 24.0 Å². The second-order valence-electron chi connectivity index (χ2n) is 6.49. The van der Waals surface area contributed by atoms with E-state index < -0.39 is 0 Å². The first-order valence-corrected chi connectivity index (χ1v) is 6.45. The second-order valence-corrected chi connectivity index (χ2v) is 6.49. The Labute approximate surface area is 122 Å². The number of rotatable bonds is 2. The summed E-state index contributed by atoms with van der Waals surface area (Å²) in [6, 6.07) is 0.933. The Morgan fingerprint density at radius 3 is 2.00 bits per heavy atom. The molecule has 2 aliphatic rings. The Bertz CT molecular complexity index is 290. The molecule has 3 N–H and O–H groups in total. The first kappa shape index (κ1) is 15.1. The van der Waals surface area contributed by atoms with Gasteiger partial charge >= 0.3 is 0 Å². The van der Waals surface area contributed by atoms with Crippen molar-refractivity contribution in [3.63, 3.8) is 0 Å². The summed E-state index contributed by atoms with van der Waals surface area (Å²) >= 11 is 0. The molecule has 0 aromatic carbocycles. The number of halogens is 1. The van der Waals surface area contributed by atoms with E-state index >= 15 is 0 Å². The molecular formula is C13H26IN3. The molecule has 0 bridgehead atoms. The van der Waals surface area contributed by atoms with Crippen molar-refractivity contribution in [3.8, 4) is 0 Å². The molecule has 0 saturated heterocycles. The lowest BCUT2D eigenvalue weighted by atomic mass is 10.0. The van der Waals surface area contributed by atoms with Gasteiger partial charge < -0.3 is 11.1 Å². The summed E-state index contributed by atoms with van der Waals surface area (Å²) in [6.45, 7) is 9.07. The summed E-state index contributed by atoms with van der Waals surface area (Å²) in [5, 5.41) is 3.35. The number of hydrogen-bond donors (Lipinski definition) is 2. The maximum Gasteiger partial charge on any atom is 0.189 e. The third-order valence-electron chi connectivity index (χ3n) is 4.92. The minimum Gasteiger partial charge on any atom is -0.370 e. The van der Waals surface area contributed by atoms with Crippen LogP contribution in [-0.2, 0) is 0 Å². The molecule has 0 aromatic rings. The summed E-state index contributed by atoms with van der Waals surface area (Å²) in [7, 11) is 0. The molecule has 0 aromatic heterocycles. The van der Waals surface area contributed by atoms with E-state index in [9.17, 15) is 0 Å². The van der Waals surface area contributed by atoms with Crippen LogP contribution in [-0.4, -0.2) is 18.0 Å². The van der Waals surface area contributed by atoms with E-state index in [1.54, 1.807) is 0 Å². The molecule has 0 atom stereocenters. The number of guanidine groups is 1. The van der Waals surface area contributed by atoms with Crippen molar-refractivity contribution in [2.75, 3.05) is 0 Å². The molecular weight excluding hydrogens is 325 g/mol. The van der Waals surface area contributed by atoms with Crippen LogP contribution < -0.4 is 11.1 Å². The molecule has 0 spiro atoms. The molecule has 0 radical (unpaired) electrons. The van der Waals surface area contributed by atoms with Gasteiger partial charge in [0.05, 0.1) is 6.04 Å².